The molecule has 1 aromatic rings. The lowest BCUT2D eigenvalue weighted by molar-refractivity contribution is 0.346. The second kappa shape index (κ2) is 5.50. The molecule has 0 aromatic heterocycles. The molecule has 0 aliphatic carbocycles. The fourth-order valence-electron chi connectivity index (χ4n) is 2.48. The standard InChI is InChI=1S/C15H23ClN2/c1-12-5-6-13(16)11-14(12)18-9-4-8-17-15(2,3)7-10-18/h5-6,11,17H,4,7-10H2,1-3H3. The summed E-state index contributed by atoms with van der Waals surface area (Å²) >= 11 is 6.13. The van der Waals surface area contributed by atoms with Crippen LogP contribution in [-0.2, 0) is 0 Å². The van der Waals surface area contributed by atoms with Gasteiger partial charge in [0.2, 0.25) is 0 Å². The molecule has 1 saturated heterocycles. The van der Waals surface area contributed by atoms with Crippen molar-refractivity contribution < 1.29 is 0 Å². The van der Waals surface area contributed by atoms with E-state index in [-0.39, 0.29) is 5.54 Å². The topological polar surface area (TPSA) is 15.3 Å². The minimum Gasteiger partial charge on any atom is -0.371 e. The molecule has 0 unspecified atom stereocenters. The van der Waals surface area contributed by atoms with Gasteiger partial charge in [0.05, 0.1) is 0 Å². The largest absolute Gasteiger partial charge is 0.371 e. The molecule has 1 aliphatic rings. The second-order valence-electron chi connectivity index (χ2n) is 5.83. The molecule has 1 aliphatic heterocycles. The minimum absolute atomic E-state index is 0.227. The SMILES string of the molecule is Cc1ccc(Cl)cc1N1CCCNC(C)(C)CC1. The summed E-state index contributed by atoms with van der Waals surface area (Å²) in [5.41, 5.74) is 2.83. The van der Waals surface area contributed by atoms with E-state index in [0.29, 0.717) is 0 Å². The van der Waals surface area contributed by atoms with Crippen molar-refractivity contribution in [3.05, 3.63) is 28.8 Å². The molecule has 2 nitrogen and oxygen atoms in total. The van der Waals surface area contributed by atoms with E-state index in [0.717, 1.165) is 31.1 Å². The fraction of sp³-hybridized carbons (Fsp3) is 0.600. The van der Waals surface area contributed by atoms with Crippen LogP contribution in [0.25, 0.3) is 0 Å². The van der Waals surface area contributed by atoms with E-state index in [2.05, 4.69) is 43.1 Å². The molecule has 0 atom stereocenters. The Balaban J connectivity index is 2.18. The predicted octanol–water partition coefficient (Wildman–Crippen LogP) is 3.62. The third-order valence-corrected chi connectivity index (χ3v) is 3.96. The normalized spacial score (nSPS) is 20.3. The van der Waals surface area contributed by atoms with Gasteiger partial charge in [-0.05, 0) is 57.9 Å². The summed E-state index contributed by atoms with van der Waals surface area (Å²) in [5.74, 6) is 0. The van der Waals surface area contributed by atoms with E-state index in [1.54, 1.807) is 0 Å². The summed E-state index contributed by atoms with van der Waals surface area (Å²) in [7, 11) is 0. The summed E-state index contributed by atoms with van der Waals surface area (Å²) in [6.45, 7) is 9.99. The lowest BCUT2D eigenvalue weighted by Crippen LogP contribution is -2.46. The second-order valence-corrected chi connectivity index (χ2v) is 6.27. The number of benzene rings is 1. The van der Waals surface area contributed by atoms with Crippen LogP contribution in [0.1, 0.15) is 32.3 Å². The molecule has 1 fully saturated rings. The Morgan fingerprint density at radius 1 is 1.28 bits per heavy atom. The first kappa shape index (κ1) is 13.7. The van der Waals surface area contributed by atoms with Crippen LogP contribution in [0.3, 0.4) is 0 Å². The number of halogens is 1. The van der Waals surface area contributed by atoms with Crippen molar-refractivity contribution in [1.29, 1.82) is 0 Å². The maximum atomic E-state index is 6.13. The number of nitrogens with zero attached hydrogens (tertiary/aromatic N) is 1. The van der Waals surface area contributed by atoms with Crippen molar-refractivity contribution >= 4 is 17.3 Å². The van der Waals surface area contributed by atoms with E-state index >= 15 is 0 Å². The first-order chi connectivity index (χ1) is 8.48. The van der Waals surface area contributed by atoms with Crippen molar-refractivity contribution in [2.75, 3.05) is 24.5 Å². The Bertz CT molecular complexity index is 415. The average molecular weight is 267 g/mol. The van der Waals surface area contributed by atoms with Crippen LogP contribution < -0.4 is 10.2 Å². The molecule has 3 heteroatoms. The highest BCUT2D eigenvalue weighted by atomic mass is 35.5. The molecule has 0 spiro atoms. The number of aryl methyl sites for hydroxylation is 1. The lowest BCUT2D eigenvalue weighted by Gasteiger charge is -2.35. The summed E-state index contributed by atoms with van der Waals surface area (Å²) in [6.07, 6.45) is 2.33. The molecule has 1 aromatic carbocycles. The molecular weight excluding hydrogens is 244 g/mol. The van der Waals surface area contributed by atoms with Crippen LogP contribution in [-0.4, -0.2) is 25.2 Å². The van der Waals surface area contributed by atoms with Crippen LogP contribution >= 0.6 is 11.6 Å². The summed E-state index contributed by atoms with van der Waals surface area (Å²) in [6, 6.07) is 6.18. The van der Waals surface area contributed by atoms with Crippen molar-refractivity contribution in [2.24, 2.45) is 0 Å². The van der Waals surface area contributed by atoms with E-state index in [4.69, 9.17) is 11.6 Å². The van der Waals surface area contributed by atoms with Gasteiger partial charge in [-0.25, -0.2) is 0 Å². The predicted molar refractivity (Wildman–Crippen MR) is 79.7 cm³/mol. The minimum atomic E-state index is 0.227. The summed E-state index contributed by atoms with van der Waals surface area (Å²) in [4.78, 5) is 2.48. The summed E-state index contributed by atoms with van der Waals surface area (Å²) < 4.78 is 0. The molecule has 2 rings (SSSR count). The third-order valence-electron chi connectivity index (χ3n) is 3.73. The zero-order chi connectivity index (χ0) is 13.2. The van der Waals surface area contributed by atoms with E-state index in [9.17, 15) is 0 Å². The van der Waals surface area contributed by atoms with Gasteiger partial charge in [0, 0.05) is 29.3 Å². The third kappa shape index (κ3) is 3.39. The molecule has 18 heavy (non-hydrogen) atoms. The Kier molecular flexibility index (Phi) is 4.18. The first-order valence-corrected chi connectivity index (χ1v) is 7.12. The monoisotopic (exact) mass is 266 g/mol. The van der Waals surface area contributed by atoms with Crippen molar-refractivity contribution in [3.8, 4) is 0 Å². The van der Waals surface area contributed by atoms with Gasteiger partial charge in [-0.15, -0.1) is 0 Å². The van der Waals surface area contributed by atoms with Crippen molar-refractivity contribution in [1.82, 2.24) is 5.32 Å². The first-order valence-electron chi connectivity index (χ1n) is 6.74. The molecule has 100 valence electrons. The molecule has 0 amide bonds. The highest BCUT2D eigenvalue weighted by molar-refractivity contribution is 6.30. The highest BCUT2D eigenvalue weighted by Crippen LogP contribution is 2.26. The van der Waals surface area contributed by atoms with Gasteiger partial charge in [0.15, 0.2) is 0 Å². The molecule has 0 saturated carbocycles. The Morgan fingerprint density at radius 3 is 2.83 bits per heavy atom. The van der Waals surface area contributed by atoms with Gasteiger partial charge in [0.1, 0.15) is 0 Å². The zero-order valence-corrected chi connectivity index (χ0v) is 12.3. The fourth-order valence-corrected chi connectivity index (χ4v) is 2.64. The number of hydrogen-bond donors (Lipinski definition) is 1. The Hall–Kier alpha value is -0.730. The number of rotatable bonds is 1. The molecular formula is C15H23ClN2. The average Bonchev–Trinajstić information content (AvgIpc) is 2.29. The van der Waals surface area contributed by atoms with Crippen LogP contribution in [0, 0.1) is 6.92 Å². The van der Waals surface area contributed by atoms with Crippen molar-refractivity contribution in [3.63, 3.8) is 0 Å². The quantitative estimate of drug-likeness (QED) is 0.835. The van der Waals surface area contributed by atoms with Crippen molar-refractivity contribution in [2.45, 2.75) is 39.2 Å². The van der Waals surface area contributed by atoms with Crippen LogP contribution in [0.5, 0.6) is 0 Å². The van der Waals surface area contributed by atoms with Crippen LogP contribution in [0.2, 0.25) is 5.02 Å². The Morgan fingerprint density at radius 2 is 2.06 bits per heavy atom. The number of anilines is 1. The van der Waals surface area contributed by atoms with Gasteiger partial charge >= 0.3 is 0 Å². The lowest BCUT2D eigenvalue weighted by atomic mass is 9.98. The van der Waals surface area contributed by atoms with E-state index < -0.39 is 0 Å². The highest BCUT2D eigenvalue weighted by Gasteiger charge is 2.21. The van der Waals surface area contributed by atoms with Gasteiger partial charge in [-0.2, -0.15) is 0 Å². The molecule has 0 radical (unpaired) electrons. The number of nitrogens with one attached hydrogen (secondary N) is 1. The number of hydrogen-bond acceptors (Lipinski definition) is 2. The summed E-state index contributed by atoms with van der Waals surface area (Å²) in [5, 5.41) is 4.43. The van der Waals surface area contributed by atoms with Gasteiger partial charge in [-0.3, -0.25) is 0 Å². The van der Waals surface area contributed by atoms with Gasteiger partial charge in [0.25, 0.3) is 0 Å². The maximum Gasteiger partial charge on any atom is 0.0426 e. The molecule has 1 heterocycles. The zero-order valence-electron chi connectivity index (χ0n) is 11.6. The molecule has 0 bridgehead atoms. The van der Waals surface area contributed by atoms with Crippen LogP contribution in [0.15, 0.2) is 18.2 Å². The smallest absolute Gasteiger partial charge is 0.0426 e. The van der Waals surface area contributed by atoms with Crippen LogP contribution in [0.4, 0.5) is 5.69 Å². The van der Waals surface area contributed by atoms with E-state index in [1.165, 1.54) is 17.7 Å². The Labute approximate surface area is 115 Å². The maximum absolute atomic E-state index is 6.13. The van der Waals surface area contributed by atoms with E-state index in [1.807, 2.05) is 6.07 Å². The molecule has 1 N–H and O–H groups in total. The van der Waals surface area contributed by atoms with Gasteiger partial charge in [-0.1, -0.05) is 17.7 Å². The van der Waals surface area contributed by atoms with Gasteiger partial charge < -0.3 is 10.2 Å².